The minimum Gasteiger partial charge on any atom is -0.478 e. The normalized spacial score (nSPS) is 10.2. The highest BCUT2D eigenvalue weighted by atomic mass is 79.9. The zero-order chi connectivity index (χ0) is 14.0. The molecule has 0 aliphatic rings. The molecule has 0 unspecified atom stereocenters. The van der Waals surface area contributed by atoms with E-state index in [4.69, 9.17) is 10.8 Å². The molecule has 0 atom stereocenters. The maximum atomic E-state index is 10.9. The van der Waals surface area contributed by atoms with Crippen LogP contribution in [-0.2, 0) is 0 Å². The number of carboxylic acids is 1. The highest BCUT2D eigenvalue weighted by Crippen LogP contribution is 2.31. The molecular weight excluding hydrogens is 376 g/mol. The van der Waals surface area contributed by atoms with Gasteiger partial charge in [0.05, 0.1) is 22.6 Å². The predicted octanol–water partition coefficient (Wildman–Crippen LogP) is 4.24. The number of halogens is 2. The molecule has 0 saturated carbocycles. The first-order valence-corrected chi connectivity index (χ1v) is 6.91. The van der Waals surface area contributed by atoms with E-state index in [2.05, 4.69) is 37.2 Å². The first-order valence-electron chi connectivity index (χ1n) is 5.32. The van der Waals surface area contributed by atoms with Gasteiger partial charge >= 0.3 is 5.97 Å². The summed E-state index contributed by atoms with van der Waals surface area (Å²) in [7, 11) is 0. The number of nitrogen functional groups attached to an aromatic ring is 1. The third-order valence-electron chi connectivity index (χ3n) is 2.50. The lowest BCUT2D eigenvalue weighted by Gasteiger charge is -2.12. The Morgan fingerprint density at radius 3 is 2.47 bits per heavy atom. The Balaban J connectivity index is 2.37. The van der Waals surface area contributed by atoms with Gasteiger partial charge in [-0.3, -0.25) is 0 Å². The number of carbonyl (C=O) groups is 1. The number of nitrogens with one attached hydrogen (secondary N) is 1. The smallest absolute Gasteiger partial charge is 0.335 e. The van der Waals surface area contributed by atoms with Gasteiger partial charge in [-0.05, 0) is 52.3 Å². The highest BCUT2D eigenvalue weighted by Gasteiger charge is 2.08. The van der Waals surface area contributed by atoms with Gasteiger partial charge in [0.2, 0.25) is 0 Å². The van der Waals surface area contributed by atoms with Gasteiger partial charge in [0.15, 0.2) is 0 Å². The molecule has 0 aliphatic carbocycles. The van der Waals surface area contributed by atoms with Crippen LogP contribution in [0.3, 0.4) is 0 Å². The van der Waals surface area contributed by atoms with Crippen molar-refractivity contribution in [3.63, 3.8) is 0 Å². The van der Waals surface area contributed by atoms with Crippen LogP contribution >= 0.6 is 31.9 Å². The van der Waals surface area contributed by atoms with Crippen LogP contribution in [0.4, 0.5) is 17.1 Å². The van der Waals surface area contributed by atoms with Crippen molar-refractivity contribution < 1.29 is 9.90 Å². The third-order valence-corrected chi connectivity index (χ3v) is 3.65. The number of nitrogens with two attached hydrogens (primary N) is 1. The van der Waals surface area contributed by atoms with Crippen molar-refractivity contribution in [1.82, 2.24) is 0 Å². The van der Waals surface area contributed by atoms with Gasteiger partial charge in [0, 0.05) is 8.95 Å². The Labute approximate surface area is 126 Å². The second-order valence-corrected chi connectivity index (χ2v) is 5.63. The van der Waals surface area contributed by atoms with E-state index in [-0.39, 0.29) is 5.56 Å². The fraction of sp³-hybridized carbons (Fsp3) is 0. The zero-order valence-electron chi connectivity index (χ0n) is 9.65. The van der Waals surface area contributed by atoms with Crippen molar-refractivity contribution in [3.8, 4) is 0 Å². The second-order valence-electron chi connectivity index (χ2n) is 3.86. The maximum absolute atomic E-state index is 10.9. The van der Waals surface area contributed by atoms with Crippen LogP contribution in [0, 0.1) is 0 Å². The lowest BCUT2D eigenvalue weighted by Crippen LogP contribution is -2.01. The molecule has 4 nitrogen and oxygen atoms in total. The molecule has 0 radical (unpaired) electrons. The summed E-state index contributed by atoms with van der Waals surface area (Å²) in [6.07, 6.45) is 0. The van der Waals surface area contributed by atoms with Crippen LogP contribution in [0.15, 0.2) is 45.3 Å². The second kappa shape index (κ2) is 5.63. The summed E-state index contributed by atoms with van der Waals surface area (Å²) in [6.45, 7) is 0. The Kier molecular flexibility index (Phi) is 4.11. The summed E-state index contributed by atoms with van der Waals surface area (Å²) in [5, 5.41) is 12.1. The van der Waals surface area contributed by atoms with Crippen molar-refractivity contribution in [2.45, 2.75) is 0 Å². The summed E-state index contributed by atoms with van der Waals surface area (Å²) < 4.78 is 1.79. The van der Waals surface area contributed by atoms with E-state index in [1.807, 2.05) is 18.2 Å². The molecule has 2 rings (SSSR count). The lowest BCUT2D eigenvalue weighted by molar-refractivity contribution is 0.0697. The van der Waals surface area contributed by atoms with E-state index in [1.165, 1.54) is 12.1 Å². The fourth-order valence-electron chi connectivity index (χ4n) is 1.53. The van der Waals surface area contributed by atoms with Crippen LogP contribution in [0.5, 0.6) is 0 Å². The van der Waals surface area contributed by atoms with Crippen LogP contribution in [0.25, 0.3) is 0 Å². The number of aromatic carboxylic acids is 1. The van der Waals surface area contributed by atoms with E-state index in [0.29, 0.717) is 11.4 Å². The van der Waals surface area contributed by atoms with Crippen molar-refractivity contribution in [2.24, 2.45) is 0 Å². The molecule has 19 heavy (non-hydrogen) atoms. The van der Waals surface area contributed by atoms with Crippen molar-refractivity contribution in [2.75, 3.05) is 11.1 Å². The van der Waals surface area contributed by atoms with Gasteiger partial charge in [-0.1, -0.05) is 15.9 Å². The van der Waals surface area contributed by atoms with Crippen LogP contribution in [0.2, 0.25) is 0 Å². The predicted molar refractivity (Wildman–Crippen MR) is 82.9 cm³/mol. The molecule has 0 saturated heterocycles. The third kappa shape index (κ3) is 3.27. The topological polar surface area (TPSA) is 75.4 Å². The first kappa shape index (κ1) is 13.9. The van der Waals surface area contributed by atoms with E-state index in [0.717, 1.165) is 14.6 Å². The molecule has 98 valence electrons. The quantitative estimate of drug-likeness (QED) is 0.691. The Morgan fingerprint density at radius 1 is 1.11 bits per heavy atom. The van der Waals surface area contributed by atoms with Crippen LogP contribution < -0.4 is 11.1 Å². The fourth-order valence-corrected chi connectivity index (χ4v) is 2.68. The maximum Gasteiger partial charge on any atom is 0.335 e. The molecular formula is C13H10Br2N2O2. The number of rotatable bonds is 3. The number of anilines is 3. The molecule has 0 aromatic heterocycles. The first-order chi connectivity index (χ1) is 8.97. The molecule has 4 N–H and O–H groups in total. The molecule has 0 heterocycles. The number of benzene rings is 2. The summed E-state index contributed by atoms with van der Waals surface area (Å²) in [6, 6.07) is 10.2. The van der Waals surface area contributed by atoms with Gasteiger partial charge in [-0.2, -0.15) is 0 Å². The van der Waals surface area contributed by atoms with E-state index < -0.39 is 5.97 Å². The van der Waals surface area contributed by atoms with Gasteiger partial charge in [-0.15, -0.1) is 0 Å². The molecule has 0 spiro atoms. The average molecular weight is 386 g/mol. The van der Waals surface area contributed by atoms with Gasteiger partial charge < -0.3 is 16.2 Å². The number of carboxylic acid groups (broad SMARTS) is 1. The molecule has 0 amide bonds. The Bertz CT molecular complexity index is 645. The molecule has 2 aromatic carbocycles. The number of hydrogen-bond acceptors (Lipinski definition) is 3. The summed E-state index contributed by atoms with van der Waals surface area (Å²) >= 11 is 6.79. The molecule has 2 aromatic rings. The molecule has 0 bridgehead atoms. The monoisotopic (exact) mass is 384 g/mol. The summed E-state index contributed by atoms with van der Waals surface area (Å²) in [4.78, 5) is 10.9. The summed E-state index contributed by atoms with van der Waals surface area (Å²) in [5.41, 5.74) is 7.87. The highest BCUT2D eigenvalue weighted by molar-refractivity contribution is 9.11. The minimum absolute atomic E-state index is 0.185. The number of hydrogen-bond donors (Lipinski definition) is 3. The standard InChI is InChI=1S/C13H10Br2N2O2/c14-8-2-4-11(9(15)6-8)17-12-5-7(13(18)19)1-3-10(12)16/h1-6,17H,16H2,(H,18,19). The Morgan fingerprint density at radius 2 is 1.84 bits per heavy atom. The SMILES string of the molecule is Nc1ccc(C(=O)O)cc1Nc1ccc(Br)cc1Br. The van der Waals surface area contributed by atoms with E-state index in [1.54, 1.807) is 6.07 Å². The molecule has 0 fully saturated rings. The largest absolute Gasteiger partial charge is 0.478 e. The zero-order valence-corrected chi connectivity index (χ0v) is 12.8. The van der Waals surface area contributed by atoms with Gasteiger partial charge in [-0.25, -0.2) is 4.79 Å². The summed E-state index contributed by atoms with van der Waals surface area (Å²) in [5.74, 6) is -0.988. The van der Waals surface area contributed by atoms with Crippen molar-refractivity contribution >= 4 is 54.9 Å². The van der Waals surface area contributed by atoms with E-state index >= 15 is 0 Å². The van der Waals surface area contributed by atoms with Crippen LogP contribution in [0.1, 0.15) is 10.4 Å². The van der Waals surface area contributed by atoms with Crippen molar-refractivity contribution in [3.05, 3.63) is 50.9 Å². The van der Waals surface area contributed by atoms with Crippen LogP contribution in [-0.4, -0.2) is 11.1 Å². The van der Waals surface area contributed by atoms with Crippen molar-refractivity contribution in [1.29, 1.82) is 0 Å². The van der Waals surface area contributed by atoms with E-state index in [9.17, 15) is 4.79 Å². The van der Waals surface area contributed by atoms with Gasteiger partial charge in [0.1, 0.15) is 0 Å². The molecule has 6 heteroatoms. The average Bonchev–Trinajstić information content (AvgIpc) is 2.34. The lowest BCUT2D eigenvalue weighted by atomic mass is 10.1. The van der Waals surface area contributed by atoms with Gasteiger partial charge in [0.25, 0.3) is 0 Å². The molecule has 0 aliphatic heterocycles. The minimum atomic E-state index is -0.988. The Hall–Kier alpha value is -1.53.